The zero-order chi connectivity index (χ0) is 12.8. The number of piperidine rings is 1. The molecule has 18 heavy (non-hydrogen) atoms. The van der Waals surface area contributed by atoms with E-state index < -0.39 is 0 Å². The average molecular weight is 266 g/mol. The van der Waals surface area contributed by atoms with E-state index in [9.17, 15) is 0 Å². The molecule has 1 fully saturated rings. The monoisotopic (exact) mass is 266 g/mol. The molecule has 2 atom stereocenters. The maximum atomic E-state index is 3.79. The molecule has 2 rings (SSSR count). The zero-order valence-electron chi connectivity index (χ0n) is 11.7. The van der Waals surface area contributed by atoms with E-state index in [4.69, 9.17) is 0 Å². The van der Waals surface area contributed by atoms with Gasteiger partial charge in [0, 0.05) is 23.5 Å². The van der Waals surface area contributed by atoms with Gasteiger partial charge < -0.3 is 10.2 Å². The number of nitrogens with one attached hydrogen (secondary N) is 1. The number of likely N-dealkylation sites (tertiary alicyclic amines) is 1. The Hall–Kier alpha value is -0.380. The fourth-order valence-corrected chi connectivity index (χ4v) is 3.64. The molecule has 1 N–H and O–H groups in total. The van der Waals surface area contributed by atoms with Gasteiger partial charge in [0.15, 0.2) is 0 Å². The molecule has 0 saturated carbocycles. The van der Waals surface area contributed by atoms with Crippen molar-refractivity contribution in [2.45, 2.75) is 51.1 Å². The van der Waals surface area contributed by atoms with Gasteiger partial charge in [-0.3, -0.25) is 0 Å². The van der Waals surface area contributed by atoms with Crippen molar-refractivity contribution in [3.8, 4) is 0 Å². The molecule has 0 radical (unpaired) electrons. The summed E-state index contributed by atoms with van der Waals surface area (Å²) in [5, 5.41) is 5.98. The van der Waals surface area contributed by atoms with Gasteiger partial charge in [0.25, 0.3) is 0 Å². The van der Waals surface area contributed by atoms with Crippen LogP contribution < -0.4 is 5.32 Å². The maximum Gasteiger partial charge on any atom is 0.0415 e. The van der Waals surface area contributed by atoms with Crippen LogP contribution in [0.25, 0.3) is 0 Å². The minimum Gasteiger partial charge on any atom is -0.308 e. The molecule has 0 aromatic carbocycles. The summed E-state index contributed by atoms with van der Waals surface area (Å²) in [6, 6.07) is 5.73. The molecule has 0 amide bonds. The fraction of sp³-hybridized carbons (Fsp3) is 0.733. The predicted molar refractivity (Wildman–Crippen MR) is 80.2 cm³/mol. The Morgan fingerprint density at radius 2 is 2.39 bits per heavy atom. The van der Waals surface area contributed by atoms with E-state index in [1.807, 2.05) is 11.3 Å². The van der Waals surface area contributed by atoms with Crippen molar-refractivity contribution in [1.29, 1.82) is 0 Å². The molecule has 2 heterocycles. The topological polar surface area (TPSA) is 15.3 Å². The van der Waals surface area contributed by atoms with Crippen LogP contribution in [0.1, 0.15) is 49.9 Å². The van der Waals surface area contributed by atoms with Crippen molar-refractivity contribution in [3.05, 3.63) is 22.4 Å². The van der Waals surface area contributed by atoms with E-state index in [-0.39, 0.29) is 0 Å². The summed E-state index contributed by atoms with van der Waals surface area (Å²) < 4.78 is 0. The Morgan fingerprint density at radius 3 is 3.06 bits per heavy atom. The van der Waals surface area contributed by atoms with E-state index in [0.717, 1.165) is 12.6 Å². The predicted octanol–water partition coefficient (Wildman–Crippen LogP) is 3.66. The zero-order valence-corrected chi connectivity index (χ0v) is 12.5. The van der Waals surface area contributed by atoms with Crippen LogP contribution in [-0.2, 0) is 0 Å². The minimum absolute atomic E-state index is 0.560. The van der Waals surface area contributed by atoms with Gasteiger partial charge in [-0.1, -0.05) is 25.8 Å². The number of hydrogen-bond acceptors (Lipinski definition) is 3. The molecule has 3 heteroatoms. The Morgan fingerprint density at radius 1 is 1.50 bits per heavy atom. The number of rotatable bonds is 6. The lowest BCUT2D eigenvalue weighted by molar-refractivity contribution is 0.177. The van der Waals surface area contributed by atoms with Crippen LogP contribution >= 0.6 is 11.3 Å². The van der Waals surface area contributed by atoms with E-state index in [0.29, 0.717) is 6.04 Å². The van der Waals surface area contributed by atoms with E-state index in [1.54, 1.807) is 0 Å². The minimum atomic E-state index is 0.560. The van der Waals surface area contributed by atoms with Crippen LogP contribution in [0, 0.1) is 0 Å². The molecule has 0 aliphatic carbocycles. The highest BCUT2D eigenvalue weighted by atomic mass is 32.1. The first-order chi connectivity index (χ1) is 8.81. The van der Waals surface area contributed by atoms with Gasteiger partial charge in [0.1, 0.15) is 0 Å². The summed E-state index contributed by atoms with van der Waals surface area (Å²) >= 11 is 1.88. The van der Waals surface area contributed by atoms with Gasteiger partial charge in [-0.05, 0) is 44.3 Å². The average Bonchev–Trinajstić information content (AvgIpc) is 2.90. The smallest absolute Gasteiger partial charge is 0.0415 e. The number of likely N-dealkylation sites (N-methyl/N-ethyl adjacent to an activating group) is 1. The second-order valence-electron chi connectivity index (χ2n) is 5.40. The summed E-state index contributed by atoms with van der Waals surface area (Å²) in [5.74, 6) is 0. The number of hydrogen-bond donors (Lipinski definition) is 1. The van der Waals surface area contributed by atoms with Crippen LogP contribution in [-0.4, -0.2) is 31.1 Å². The van der Waals surface area contributed by atoms with Crippen molar-refractivity contribution in [2.75, 3.05) is 20.1 Å². The molecule has 0 spiro atoms. The first-order valence-corrected chi connectivity index (χ1v) is 8.16. The molecule has 1 aliphatic heterocycles. The Labute approximate surface area is 115 Å². The highest BCUT2D eigenvalue weighted by Gasteiger charge is 2.20. The lowest BCUT2D eigenvalue weighted by Gasteiger charge is -2.33. The Bertz CT molecular complexity index is 323. The molecular formula is C15H26N2S. The second-order valence-corrected chi connectivity index (χ2v) is 6.37. The molecule has 1 aromatic heterocycles. The van der Waals surface area contributed by atoms with Crippen molar-refractivity contribution in [2.24, 2.45) is 0 Å². The van der Waals surface area contributed by atoms with Crippen LogP contribution in [0.5, 0.6) is 0 Å². The highest BCUT2D eigenvalue weighted by Crippen LogP contribution is 2.24. The van der Waals surface area contributed by atoms with Crippen LogP contribution in [0.3, 0.4) is 0 Å². The highest BCUT2D eigenvalue weighted by molar-refractivity contribution is 7.10. The summed E-state index contributed by atoms with van der Waals surface area (Å²) in [5.41, 5.74) is 0. The first kappa shape index (κ1) is 14.0. The van der Waals surface area contributed by atoms with E-state index in [2.05, 4.69) is 41.7 Å². The SMILES string of the molecule is CCCC(NCC1CCCCN1C)c1cccs1. The van der Waals surface area contributed by atoms with Crippen LogP contribution in [0.2, 0.25) is 0 Å². The van der Waals surface area contributed by atoms with Crippen molar-refractivity contribution >= 4 is 11.3 Å². The van der Waals surface area contributed by atoms with Gasteiger partial charge in [0.2, 0.25) is 0 Å². The van der Waals surface area contributed by atoms with Gasteiger partial charge >= 0.3 is 0 Å². The number of nitrogens with zero attached hydrogens (tertiary/aromatic N) is 1. The molecule has 2 unspecified atom stereocenters. The molecule has 102 valence electrons. The molecule has 1 saturated heterocycles. The number of thiophene rings is 1. The maximum absolute atomic E-state index is 3.79. The Balaban J connectivity index is 1.85. The van der Waals surface area contributed by atoms with Crippen molar-refractivity contribution in [3.63, 3.8) is 0 Å². The second kappa shape index (κ2) is 7.27. The third kappa shape index (κ3) is 3.81. The summed E-state index contributed by atoms with van der Waals surface area (Å²) in [6.45, 7) is 4.68. The third-order valence-corrected chi connectivity index (χ3v) is 4.97. The van der Waals surface area contributed by atoms with Crippen molar-refractivity contribution < 1.29 is 0 Å². The standard InChI is InChI=1S/C15H26N2S/c1-3-7-14(15-9-6-11-18-15)16-12-13-8-4-5-10-17(13)2/h6,9,11,13-14,16H,3-5,7-8,10,12H2,1-2H3. The summed E-state index contributed by atoms with van der Waals surface area (Å²) in [6.07, 6.45) is 6.62. The summed E-state index contributed by atoms with van der Waals surface area (Å²) in [7, 11) is 2.27. The molecule has 1 aromatic rings. The van der Waals surface area contributed by atoms with Crippen LogP contribution in [0.15, 0.2) is 17.5 Å². The van der Waals surface area contributed by atoms with Gasteiger partial charge in [-0.2, -0.15) is 0 Å². The molecular weight excluding hydrogens is 240 g/mol. The van der Waals surface area contributed by atoms with Crippen molar-refractivity contribution in [1.82, 2.24) is 10.2 Å². The van der Waals surface area contributed by atoms with E-state index >= 15 is 0 Å². The lowest BCUT2D eigenvalue weighted by Crippen LogP contribution is -2.43. The summed E-state index contributed by atoms with van der Waals surface area (Å²) in [4.78, 5) is 4.02. The van der Waals surface area contributed by atoms with E-state index in [1.165, 1.54) is 43.5 Å². The Kier molecular flexibility index (Phi) is 5.67. The fourth-order valence-electron chi connectivity index (χ4n) is 2.80. The van der Waals surface area contributed by atoms with Gasteiger partial charge in [-0.25, -0.2) is 0 Å². The molecule has 2 nitrogen and oxygen atoms in total. The first-order valence-electron chi connectivity index (χ1n) is 7.28. The molecule has 1 aliphatic rings. The van der Waals surface area contributed by atoms with Crippen LogP contribution in [0.4, 0.5) is 0 Å². The normalized spacial score (nSPS) is 23.1. The molecule has 0 bridgehead atoms. The third-order valence-electron chi connectivity index (χ3n) is 3.99. The quantitative estimate of drug-likeness (QED) is 0.845. The van der Waals surface area contributed by atoms with Gasteiger partial charge in [0.05, 0.1) is 0 Å². The lowest BCUT2D eigenvalue weighted by atomic mass is 10.0. The largest absolute Gasteiger partial charge is 0.308 e. The van der Waals surface area contributed by atoms with Gasteiger partial charge in [-0.15, -0.1) is 11.3 Å².